The molecule has 3 heterocycles. The molecule has 31 heavy (non-hydrogen) atoms. The molecule has 3 aromatic heterocycles. The zero-order valence-electron chi connectivity index (χ0n) is 17.2. The number of nitrogens with one attached hydrogen (secondary N) is 1. The Hall–Kier alpha value is -2.97. The van der Waals surface area contributed by atoms with Gasteiger partial charge in [0.1, 0.15) is 22.7 Å². The maximum absolute atomic E-state index is 12.7. The van der Waals surface area contributed by atoms with Crippen molar-refractivity contribution < 1.29 is 21.6 Å². The Morgan fingerprint density at radius 2 is 1.84 bits per heavy atom. The lowest BCUT2D eigenvalue weighted by atomic mass is 10.1. The van der Waals surface area contributed by atoms with Gasteiger partial charge in [-0.2, -0.15) is 23.2 Å². The van der Waals surface area contributed by atoms with Crippen LogP contribution in [0, 0.1) is 18.3 Å². The molecule has 0 fully saturated rings. The van der Waals surface area contributed by atoms with Crippen LogP contribution in [-0.4, -0.2) is 35.2 Å². The SMILES string of the molecule is Cc1cnc2c(c1)c(C#N)c(-c1ccc(S(=O)(=O)NC(C)C(F)(F)F)cn1)n2C(C)C. The van der Waals surface area contributed by atoms with Crippen molar-refractivity contribution in [1.82, 2.24) is 19.3 Å². The second-order valence-corrected chi connectivity index (χ2v) is 9.16. The summed E-state index contributed by atoms with van der Waals surface area (Å²) in [4.78, 5) is 8.18. The third-order valence-electron chi connectivity index (χ3n) is 4.72. The number of halogens is 3. The van der Waals surface area contributed by atoms with E-state index in [0.717, 1.165) is 17.8 Å². The number of hydrogen-bond donors (Lipinski definition) is 1. The molecule has 0 radical (unpaired) electrons. The highest BCUT2D eigenvalue weighted by Gasteiger charge is 2.39. The van der Waals surface area contributed by atoms with E-state index in [9.17, 15) is 26.9 Å². The van der Waals surface area contributed by atoms with Gasteiger partial charge >= 0.3 is 6.18 Å². The van der Waals surface area contributed by atoms with Crippen LogP contribution < -0.4 is 4.72 Å². The van der Waals surface area contributed by atoms with Gasteiger partial charge in [0.05, 0.1) is 17.0 Å². The lowest BCUT2D eigenvalue weighted by Crippen LogP contribution is -2.42. The monoisotopic (exact) mass is 451 g/mol. The van der Waals surface area contributed by atoms with Crippen molar-refractivity contribution in [3.8, 4) is 17.5 Å². The average molecular weight is 451 g/mol. The van der Waals surface area contributed by atoms with Gasteiger partial charge in [-0.3, -0.25) is 4.98 Å². The minimum atomic E-state index is -4.72. The summed E-state index contributed by atoms with van der Waals surface area (Å²) >= 11 is 0. The molecule has 0 aliphatic rings. The molecule has 0 aromatic carbocycles. The molecule has 0 spiro atoms. The van der Waals surface area contributed by atoms with Gasteiger partial charge in [0.25, 0.3) is 0 Å². The van der Waals surface area contributed by atoms with E-state index in [1.807, 2.05) is 31.4 Å². The first-order valence-electron chi connectivity index (χ1n) is 9.33. The molecule has 0 amide bonds. The van der Waals surface area contributed by atoms with Crippen LogP contribution in [0.2, 0.25) is 0 Å². The van der Waals surface area contributed by atoms with Crippen LogP contribution in [0.4, 0.5) is 13.2 Å². The van der Waals surface area contributed by atoms with Gasteiger partial charge < -0.3 is 4.57 Å². The molecular weight excluding hydrogens is 431 g/mol. The molecular formula is C20H20F3N5O2S. The first-order valence-corrected chi connectivity index (χ1v) is 10.8. The van der Waals surface area contributed by atoms with E-state index in [2.05, 4.69) is 16.0 Å². The van der Waals surface area contributed by atoms with Crippen molar-refractivity contribution in [2.45, 2.75) is 50.9 Å². The first-order chi connectivity index (χ1) is 14.4. The van der Waals surface area contributed by atoms with Crippen molar-refractivity contribution in [2.24, 2.45) is 0 Å². The van der Waals surface area contributed by atoms with Gasteiger partial charge in [-0.25, -0.2) is 13.4 Å². The highest BCUT2D eigenvalue weighted by Crippen LogP contribution is 2.35. The van der Waals surface area contributed by atoms with Crippen molar-refractivity contribution in [2.75, 3.05) is 0 Å². The molecule has 0 aliphatic carbocycles. The molecule has 1 atom stereocenters. The van der Waals surface area contributed by atoms with Crippen LogP contribution in [0.3, 0.4) is 0 Å². The number of rotatable bonds is 5. The summed E-state index contributed by atoms with van der Waals surface area (Å²) in [5, 5.41) is 10.4. The van der Waals surface area contributed by atoms with Gasteiger partial charge in [0, 0.05) is 23.8 Å². The first kappa shape index (κ1) is 22.7. The highest BCUT2D eigenvalue weighted by molar-refractivity contribution is 7.89. The predicted octanol–water partition coefficient (Wildman–Crippen LogP) is 4.09. The van der Waals surface area contributed by atoms with Gasteiger partial charge in [0.15, 0.2) is 0 Å². The van der Waals surface area contributed by atoms with E-state index in [1.165, 1.54) is 6.07 Å². The number of hydrogen-bond acceptors (Lipinski definition) is 5. The van der Waals surface area contributed by atoms with E-state index < -0.39 is 27.1 Å². The Morgan fingerprint density at radius 3 is 2.35 bits per heavy atom. The zero-order valence-corrected chi connectivity index (χ0v) is 18.0. The topological polar surface area (TPSA) is 101 Å². The van der Waals surface area contributed by atoms with Gasteiger partial charge in [-0.15, -0.1) is 0 Å². The van der Waals surface area contributed by atoms with Crippen molar-refractivity contribution in [3.05, 3.63) is 41.7 Å². The largest absolute Gasteiger partial charge is 0.404 e. The van der Waals surface area contributed by atoms with Crippen LogP contribution in [0.25, 0.3) is 22.4 Å². The summed E-state index contributed by atoms with van der Waals surface area (Å²) in [6.07, 6.45) is -2.06. The number of nitrogens with zero attached hydrogens (tertiary/aromatic N) is 4. The summed E-state index contributed by atoms with van der Waals surface area (Å²) in [7, 11) is -4.43. The minimum absolute atomic E-state index is 0.0886. The molecule has 11 heteroatoms. The van der Waals surface area contributed by atoms with Crippen LogP contribution in [0.1, 0.15) is 37.9 Å². The molecule has 3 aromatic rings. The fraction of sp³-hybridized carbons (Fsp3) is 0.350. The standard InChI is InChI=1S/C20H20F3N5O2S/c1-11(2)28-18(16(8-24)15-7-12(3)9-26-19(15)28)17-6-5-14(10-25-17)31(29,30)27-13(4)20(21,22)23/h5-7,9-11,13,27H,1-4H3. The number of alkyl halides is 3. The molecule has 164 valence electrons. The summed E-state index contributed by atoms with van der Waals surface area (Å²) in [6, 6.07) is 4.20. The molecule has 0 bridgehead atoms. The van der Waals surface area contributed by atoms with E-state index in [0.29, 0.717) is 34.9 Å². The van der Waals surface area contributed by atoms with Crippen molar-refractivity contribution >= 4 is 21.1 Å². The van der Waals surface area contributed by atoms with Gasteiger partial charge in [0.2, 0.25) is 10.0 Å². The van der Waals surface area contributed by atoms with E-state index in [4.69, 9.17) is 0 Å². The predicted molar refractivity (Wildman–Crippen MR) is 109 cm³/mol. The molecule has 3 rings (SSSR count). The summed E-state index contributed by atoms with van der Waals surface area (Å²) in [5.74, 6) is 0. The van der Waals surface area contributed by atoms with Gasteiger partial charge in [-0.1, -0.05) is 0 Å². The smallest absolute Gasteiger partial charge is 0.320 e. The second-order valence-electron chi connectivity index (χ2n) is 7.45. The molecule has 0 aliphatic heterocycles. The van der Waals surface area contributed by atoms with Crippen LogP contribution in [-0.2, 0) is 10.0 Å². The molecule has 1 unspecified atom stereocenters. The number of aromatic nitrogens is 3. The summed E-state index contributed by atoms with van der Waals surface area (Å²) in [5.41, 5.74) is 2.57. The van der Waals surface area contributed by atoms with Crippen LogP contribution in [0.5, 0.6) is 0 Å². The lowest BCUT2D eigenvalue weighted by molar-refractivity contribution is -0.147. The van der Waals surface area contributed by atoms with E-state index in [-0.39, 0.29) is 6.04 Å². The Kier molecular flexibility index (Phi) is 5.82. The maximum atomic E-state index is 12.7. The van der Waals surface area contributed by atoms with Crippen LogP contribution in [0.15, 0.2) is 35.5 Å². The maximum Gasteiger partial charge on any atom is 0.404 e. The van der Waals surface area contributed by atoms with Crippen molar-refractivity contribution in [3.63, 3.8) is 0 Å². The summed E-state index contributed by atoms with van der Waals surface area (Å²) in [6.45, 7) is 6.39. The fourth-order valence-corrected chi connectivity index (χ4v) is 4.38. The van der Waals surface area contributed by atoms with E-state index >= 15 is 0 Å². The van der Waals surface area contributed by atoms with Gasteiger partial charge in [-0.05, 0) is 51.5 Å². The Balaban J connectivity index is 2.11. The molecule has 7 nitrogen and oxygen atoms in total. The number of fused-ring (bicyclic) bond motifs is 1. The molecule has 1 N–H and O–H groups in total. The molecule has 0 saturated heterocycles. The van der Waals surface area contributed by atoms with E-state index in [1.54, 1.807) is 10.9 Å². The Labute approximate surface area is 177 Å². The second kappa shape index (κ2) is 7.94. The number of sulfonamides is 1. The lowest BCUT2D eigenvalue weighted by Gasteiger charge is -2.17. The average Bonchev–Trinajstić information content (AvgIpc) is 3.00. The fourth-order valence-electron chi connectivity index (χ4n) is 3.21. The quantitative estimate of drug-likeness (QED) is 0.630. The number of nitriles is 1. The van der Waals surface area contributed by atoms with Crippen molar-refractivity contribution in [1.29, 1.82) is 5.26 Å². The minimum Gasteiger partial charge on any atom is -0.320 e. The number of aryl methyl sites for hydroxylation is 1. The highest BCUT2D eigenvalue weighted by atomic mass is 32.2. The third-order valence-corrected chi connectivity index (χ3v) is 6.24. The Morgan fingerprint density at radius 1 is 1.16 bits per heavy atom. The Bertz CT molecular complexity index is 1270. The normalized spacial score (nSPS) is 13.5. The molecule has 0 saturated carbocycles. The van der Waals surface area contributed by atoms with Crippen LogP contribution >= 0.6 is 0 Å². The summed E-state index contributed by atoms with van der Waals surface area (Å²) < 4.78 is 66.2. The number of pyridine rings is 2. The zero-order chi connectivity index (χ0) is 23.1. The third kappa shape index (κ3) is 4.26.